The van der Waals surface area contributed by atoms with E-state index in [1.54, 1.807) is 19.1 Å². The van der Waals surface area contributed by atoms with E-state index in [0.717, 1.165) is 17.2 Å². The third-order valence-electron chi connectivity index (χ3n) is 6.55. The molecule has 0 fully saturated rings. The number of rotatable bonds is 7. The van der Waals surface area contributed by atoms with Gasteiger partial charge < -0.3 is 0 Å². The first kappa shape index (κ1) is 24.4. The Morgan fingerprint density at radius 3 is 2.03 bits per heavy atom. The van der Waals surface area contributed by atoms with Gasteiger partial charge in [0, 0.05) is 34.4 Å². The molecular formula is C28H20N4O6. The summed E-state index contributed by atoms with van der Waals surface area (Å²) in [5.74, 6) is 0. The summed E-state index contributed by atoms with van der Waals surface area (Å²) in [5.41, 5.74) is 3.13. The summed E-state index contributed by atoms with van der Waals surface area (Å²) in [6.45, 7) is 1.77. The Morgan fingerprint density at radius 1 is 0.684 bits per heavy atom. The first-order valence-corrected chi connectivity index (χ1v) is 11.8. The lowest BCUT2D eigenvalue weighted by Crippen LogP contribution is -2.03. The van der Waals surface area contributed by atoms with Crippen molar-refractivity contribution in [1.82, 2.24) is 0 Å². The average molecular weight is 508 g/mol. The van der Waals surface area contributed by atoms with Gasteiger partial charge in [-0.2, -0.15) is 0 Å². The van der Waals surface area contributed by atoms with Crippen molar-refractivity contribution < 1.29 is 14.8 Å². The van der Waals surface area contributed by atoms with Gasteiger partial charge in [0.1, 0.15) is 0 Å². The maximum Gasteiger partial charge on any atom is 0.284 e. The van der Waals surface area contributed by atoms with Crippen molar-refractivity contribution in [3.05, 3.63) is 137 Å². The monoisotopic (exact) mass is 508 g/mol. The van der Waals surface area contributed by atoms with Crippen LogP contribution in [0.25, 0.3) is 11.1 Å². The summed E-state index contributed by atoms with van der Waals surface area (Å²) >= 11 is 0. The minimum absolute atomic E-state index is 0.0839. The lowest BCUT2D eigenvalue weighted by Gasteiger charge is -2.09. The van der Waals surface area contributed by atoms with E-state index in [9.17, 15) is 30.3 Å². The second-order valence-electron chi connectivity index (χ2n) is 8.79. The van der Waals surface area contributed by atoms with Crippen molar-refractivity contribution in [3.63, 3.8) is 0 Å². The van der Waals surface area contributed by atoms with Crippen molar-refractivity contribution in [1.29, 1.82) is 0 Å². The zero-order chi connectivity index (χ0) is 27.0. The van der Waals surface area contributed by atoms with Gasteiger partial charge in [-0.15, -0.1) is 0 Å². The minimum Gasteiger partial charge on any atom is -0.258 e. The summed E-state index contributed by atoms with van der Waals surface area (Å²) in [6.07, 6.45) is 0.920. The number of nitrogens with zero attached hydrogens (tertiary/aromatic N) is 4. The maximum atomic E-state index is 12.0. The van der Waals surface area contributed by atoms with Crippen LogP contribution in [0.1, 0.15) is 34.7 Å². The number of nitro groups is 3. The van der Waals surface area contributed by atoms with Gasteiger partial charge in [0.05, 0.1) is 37.8 Å². The van der Waals surface area contributed by atoms with Gasteiger partial charge in [0.25, 0.3) is 17.1 Å². The average Bonchev–Trinajstić information content (AvgIpc) is 3.21. The lowest BCUT2D eigenvalue weighted by molar-refractivity contribution is -0.393. The summed E-state index contributed by atoms with van der Waals surface area (Å²) < 4.78 is 0. The molecule has 1 aliphatic rings. The summed E-state index contributed by atoms with van der Waals surface area (Å²) in [6, 6.07) is 22.3. The molecule has 1 aliphatic carbocycles. The first-order chi connectivity index (χ1) is 18.3. The molecule has 188 valence electrons. The van der Waals surface area contributed by atoms with E-state index in [1.807, 2.05) is 48.5 Å². The Balaban J connectivity index is 1.81. The number of hydrogen-bond acceptors (Lipinski definition) is 7. The van der Waals surface area contributed by atoms with Crippen LogP contribution in [-0.4, -0.2) is 20.5 Å². The molecule has 0 saturated carbocycles. The molecule has 4 aromatic carbocycles. The van der Waals surface area contributed by atoms with Crippen molar-refractivity contribution in [3.8, 4) is 11.1 Å². The van der Waals surface area contributed by atoms with Crippen LogP contribution >= 0.6 is 0 Å². The zero-order valence-electron chi connectivity index (χ0n) is 20.2. The van der Waals surface area contributed by atoms with E-state index in [2.05, 4.69) is 0 Å². The molecule has 0 bridgehead atoms. The van der Waals surface area contributed by atoms with Crippen LogP contribution in [0.4, 0.5) is 22.7 Å². The molecule has 5 rings (SSSR count). The second-order valence-corrected chi connectivity index (χ2v) is 8.79. The Bertz CT molecular complexity index is 1660. The summed E-state index contributed by atoms with van der Waals surface area (Å²) in [4.78, 5) is 38.4. The van der Waals surface area contributed by atoms with E-state index >= 15 is 0 Å². The molecule has 0 saturated heterocycles. The number of benzene rings is 4. The fourth-order valence-corrected chi connectivity index (χ4v) is 4.79. The van der Waals surface area contributed by atoms with Crippen LogP contribution in [0.3, 0.4) is 0 Å². The Hall–Kier alpha value is -5.25. The molecule has 10 heteroatoms. The Kier molecular flexibility index (Phi) is 6.21. The van der Waals surface area contributed by atoms with Gasteiger partial charge in [-0.3, -0.25) is 30.3 Å². The lowest BCUT2D eigenvalue weighted by atomic mass is 9.99. The number of aryl methyl sites for hydroxylation is 1. The molecule has 0 atom stereocenters. The van der Waals surface area contributed by atoms with Gasteiger partial charge in [0.15, 0.2) is 0 Å². The van der Waals surface area contributed by atoms with Crippen LogP contribution in [0.2, 0.25) is 0 Å². The molecule has 0 heterocycles. The summed E-state index contributed by atoms with van der Waals surface area (Å²) in [5, 5.41) is 35.5. The van der Waals surface area contributed by atoms with Crippen LogP contribution in [-0.2, 0) is 12.8 Å². The van der Waals surface area contributed by atoms with E-state index in [0.29, 0.717) is 35.4 Å². The number of fused-ring (bicyclic) bond motifs is 3. The summed E-state index contributed by atoms with van der Waals surface area (Å²) in [7, 11) is 0. The highest BCUT2D eigenvalue weighted by Gasteiger charge is 2.37. The quantitative estimate of drug-likeness (QED) is 0.176. The topological polar surface area (TPSA) is 142 Å². The minimum atomic E-state index is -0.707. The van der Waals surface area contributed by atoms with Gasteiger partial charge in [0.2, 0.25) is 0 Å². The standard InChI is InChI=1S/C28H20N4O6/c1-2-18-13-22-21(16-25(18)31(35)36)27-23(14-20(30(33)34)15-26(27)32(37)38)28(22)29-24-11-7-6-10-19(24)12-17-8-4-3-5-9-17/h3-11,13-16H,2,12H2,1H3. The molecule has 0 amide bonds. The number of aliphatic imine (C=N–C) groups is 1. The Morgan fingerprint density at radius 2 is 1.37 bits per heavy atom. The van der Waals surface area contributed by atoms with Gasteiger partial charge in [-0.05, 0) is 36.1 Å². The van der Waals surface area contributed by atoms with E-state index in [-0.39, 0.29) is 22.4 Å². The van der Waals surface area contributed by atoms with E-state index < -0.39 is 26.1 Å². The Labute approximate surface area is 216 Å². The van der Waals surface area contributed by atoms with E-state index in [4.69, 9.17) is 4.99 Å². The number of hydrogen-bond donors (Lipinski definition) is 0. The van der Waals surface area contributed by atoms with E-state index in [1.165, 1.54) is 12.1 Å². The van der Waals surface area contributed by atoms with Crippen molar-refractivity contribution in [2.45, 2.75) is 19.8 Å². The van der Waals surface area contributed by atoms with Gasteiger partial charge >= 0.3 is 0 Å². The smallest absolute Gasteiger partial charge is 0.258 e. The van der Waals surface area contributed by atoms with Crippen LogP contribution < -0.4 is 0 Å². The van der Waals surface area contributed by atoms with Crippen molar-refractivity contribution in [2.75, 3.05) is 0 Å². The molecular weight excluding hydrogens is 488 g/mol. The number of non-ortho nitro benzene ring substituents is 1. The first-order valence-electron chi connectivity index (χ1n) is 11.8. The number of nitro benzene ring substituents is 3. The van der Waals surface area contributed by atoms with Crippen LogP contribution in [0.15, 0.2) is 83.9 Å². The highest BCUT2D eigenvalue weighted by Crippen LogP contribution is 2.47. The highest BCUT2D eigenvalue weighted by molar-refractivity contribution is 6.27. The van der Waals surface area contributed by atoms with Crippen molar-refractivity contribution in [2.24, 2.45) is 4.99 Å². The molecule has 38 heavy (non-hydrogen) atoms. The molecule has 0 unspecified atom stereocenters. The largest absolute Gasteiger partial charge is 0.284 e. The predicted molar refractivity (Wildman–Crippen MR) is 142 cm³/mol. The molecule has 10 nitrogen and oxygen atoms in total. The third-order valence-corrected chi connectivity index (χ3v) is 6.55. The molecule has 0 radical (unpaired) electrons. The second kappa shape index (κ2) is 9.66. The van der Waals surface area contributed by atoms with Gasteiger partial charge in [-0.1, -0.05) is 55.5 Å². The molecule has 0 aromatic heterocycles. The SMILES string of the molecule is CCc1cc2c(cc1[N+](=O)[O-])-c1c(cc([N+](=O)[O-])cc1[N+](=O)[O-])C2=Nc1ccccc1Cc1ccccc1. The molecule has 0 aliphatic heterocycles. The fraction of sp³-hybridized carbons (Fsp3) is 0.107. The van der Waals surface area contributed by atoms with Crippen molar-refractivity contribution >= 4 is 28.5 Å². The zero-order valence-corrected chi connectivity index (χ0v) is 20.2. The molecule has 0 N–H and O–H groups in total. The maximum absolute atomic E-state index is 12.0. The fourth-order valence-electron chi connectivity index (χ4n) is 4.79. The molecule has 4 aromatic rings. The van der Waals surface area contributed by atoms with Crippen LogP contribution in [0.5, 0.6) is 0 Å². The predicted octanol–water partition coefficient (Wildman–Crippen LogP) is 6.71. The number of para-hydroxylation sites is 1. The highest BCUT2D eigenvalue weighted by atomic mass is 16.6. The van der Waals surface area contributed by atoms with Gasteiger partial charge in [-0.25, -0.2) is 4.99 Å². The normalized spacial score (nSPS) is 12.7. The molecule has 0 spiro atoms. The van der Waals surface area contributed by atoms with Crippen LogP contribution in [0, 0.1) is 30.3 Å². The third kappa shape index (κ3) is 4.28.